The summed E-state index contributed by atoms with van der Waals surface area (Å²) >= 11 is 2.09. The highest BCUT2D eigenvalue weighted by atomic mass is 32.1. The van der Waals surface area contributed by atoms with E-state index in [1.807, 2.05) is 0 Å². The van der Waals surface area contributed by atoms with Crippen LogP contribution in [0.15, 0.2) is 6.07 Å². The average Bonchev–Trinajstić information content (AvgIpc) is 2.92. The van der Waals surface area contributed by atoms with E-state index in [1.165, 1.54) is 51.4 Å². The molecule has 17 heavy (non-hydrogen) atoms. The Kier molecular flexibility index (Phi) is 3.53. The molecule has 3 rings (SSSR count). The zero-order chi connectivity index (χ0) is 11.7. The summed E-state index contributed by atoms with van der Waals surface area (Å²) < 4.78 is 0. The second-order valence-corrected chi connectivity index (χ2v) is 6.78. The Hall–Kier alpha value is -0.340. The third kappa shape index (κ3) is 2.30. The van der Waals surface area contributed by atoms with E-state index in [9.17, 15) is 0 Å². The Morgan fingerprint density at radius 3 is 2.71 bits per heavy atom. The van der Waals surface area contributed by atoms with Crippen molar-refractivity contribution >= 4 is 11.3 Å². The maximum Gasteiger partial charge on any atom is 0.0441 e. The predicted molar refractivity (Wildman–Crippen MR) is 74.7 cm³/mol. The second-order valence-electron chi connectivity index (χ2n) is 5.62. The number of hydrogen-bond donors (Lipinski definition) is 1. The monoisotopic (exact) mass is 249 g/mol. The molecule has 2 heteroatoms. The first kappa shape index (κ1) is 11.7. The molecule has 1 unspecified atom stereocenters. The smallest absolute Gasteiger partial charge is 0.0441 e. The Morgan fingerprint density at radius 1 is 1.18 bits per heavy atom. The summed E-state index contributed by atoms with van der Waals surface area (Å²) in [4.78, 5) is 3.29. The van der Waals surface area contributed by atoms with Gasteiger partial charge in [0.15, 0.2) is 0 Å². The lowest BCUT2D eigenvalue weighted by atomic mass is 9.83. The summed E-state index contributed by atoms with van der Waals surface area (Å²) in [7, 11) is 2.14. The number of thiophene rings is 1. The summed E-state index contributed by atoms with van der Waals surface area (Å²) in [6.45, 7) is 0. The van der Waals surface area contributed by atoms with Crippen molar-refractivity contribution in [2.24, 2.45) is 5.92 Å². The van der Waals surface area contributed by atoms with Crippen LogP contribution < -0.4 is 5.32 Å². The molecule has 1 heterocycles. The fourth-order valence-corrected chi connectivity index (χ4v) is 5.04. The highest BCUT2D eigenvalue weighted by molar-refractivity contribution is 7.12. The number of rotatable bonds is 3. The largest absolute Gasteiger partial charge is 0.312 e. The van der Waals surface area contributed by atoms with Crippen LogP contribution >= 0.6 is 11.3 Å². The molecule has 0 radical (unpaired) electrons. The fourth-order valence-electron chi connectivity index (χ4n) is 3.58. The number of nitrogens with one attached hydrogen (secondary N) is 1. The van der Waals surface area contributed by atoms with E-state index in [4.69, 9.17) is 0 Å². The predicted octanol–water partition coefficient (Wildman–Crippen LogP) is 4.08. The molecular weight excluding hydrogens is 226 g/mol. The van der Waals surface area contributed by atoms with Gasteiger partial charge in [-0.25, -0.2) is 0 Å². The molecular formula is C15H23NS. The molecule has 0 spiro atoms. The van der Waals surface area contributed by atoms with Crippen LogP contribution in [0.5, 0.6) is 0 Å². The van der Waals surface area contributed by atoms with Crippen molar-refractivity contribution in [2.45, 2.75) is 57.4 Å². The van der Waals surface area contributed by atoms with Gasteiger partial charge < -0.3 is 5.32 Å². The first-order chi connectivity index (χ1) is 8.38. The van der Waals surface area contributed by atoms with Crippen molar-refractivity contribution in [1.29, 1.82) is 0 Å². The second kappa shape index (κ2) is 5.11. The van der Waals surface area contributed by atoms with Crippen LogP contribution in [0.25, 0.3) is 0 Å². The molecule has 0 saturated heterocycles. The lowest BCUT2D eigenvalue weighted by molar-refractivity contribution is 0.284. The quantitative estimate of drug-likeness (QED) is 0.851. The van der Waals surface area contributed by atoms with Crippen LogP contribution in [-0.4, -0.2) is 7.05 Å². The maximum absolute atomic E-state index is 3.59. The zero-order valence-electron chi connectivity index (χ0n) is 10.8. The lowest BCUT2D eigenvalue weighted by Gasteiger charge is -2.29. The molecule has 1 aromatic heterocycles. The van der Waals surface area contributed by atoms with Crippen LogP contribution in [0.4, 0.5) is 0 Å². The minimum Gasteiger partial charge on any atom is -0.312 e. The fraction of sp³-hybridized carbons (Fsp3) is 0.733. The highest BCUT2D eigenvalue weighted by Gasteiger charge is 2.26. The Labute approximate surface area is 109 Å². The highest BCUT2D eigenvalue weighted by Crippen LogP contribution is 2.40. The van der Waals surface area contributed by atoms with Crippen LogP contribution in [0, 0.1) is 5.92 Å². The van der Waals surface area contributed by atoms with Crippen molar-refractivity contribution < 1.29 is 0 Å². The summed E-state index contributed by atoms with van der Waals surface area (Å²) in [5.41, 5.74) is 1.65. The average molecular weight is 249 g/mol. The molecule has 2 aliphatic rings. The van der Waals surface area contributed by atoms with Crippen molar-refractivity contribution in [3.63, 3.8) is 0 Å². The molecule has 1 N–H and O–H groups in total. The van der Waals surface area contributed by atoms with Gasteiger partial charge in [0.1, 0.15) is 0 Å². The van der Waals surface area contributed by atoms with Gasteiger partial charge in [0.25, 0.3) is 0 Å². The number of hydrogen-bond acceptors (Lipinski definition) is 2. The topological polar surface area (TPSA) is 12.0 Å². The molecule has 1 saturated carbocycles. The van der Waals surface area contributed by atoms with Gasteiger partial charge in [0.2, 0.25) is 0 Å². The Morgan fingerprint density at radius 2 is 2.00 bits per heavy atom. The molecule has 0 aromatic carbocycles. The summed E-state index contributed by atoms with van der Waals surface area (Å²) in [6, 6.07) is 3.13. The molecule has 2 aliphatic carbocycles. The van der Waals surface area contributed by atoms with Crippen LogP contribution in [0.3, 0.4) is 0 Å². The van der Waals surface area contributed by atoms with Crippen LogP contribution in [-0.2, 0) is 12.8 Å². The summed E-state index contributed by atoms with van der Waals surface area (Å²) in [5.74, 6) is 0.882. The van der Waals surface area contributed by atoms with Gasteiger partial charge in [0, 0.05) is 15.8 Å². The zero-order valence-corrected chi connectivity index (χ0v) is 11.6. The molecule has 94 valence electrons. The minimum atomic E-state index is 0.630. The van der Waals surface area contributed by atoms with E-state index < -0.39 is 0 Å². The summed E-state index contributed by atoms with van der Waals surface area (Å²) in [5, 5.41) is 3.59. The molecule has 1 aromatic rings. The van der Waals surface area contributed by atoms with Crippen LogP contribution in [0.2, 0.25) is 0 Å². The van der Waals surface area contributed by atoms with E-state index in [-0.39, 0.29) is 0 Å². The minimum absolute atomic E-state index is 0.630. The van der Waals surface area contributed by atoms with Crippen molar-refractivity contribution in [2.75, 3.05) is 7.05 Å². The molecule has 0 aliphatic heterocycles. The van der Waals surface area contributed by atoms with Crippen molar-refractivity contribution in [3.8, 4) is 0 Å². The molecule has 0 bridgehead atoms. The van der Waals surface area contributed by atoms with E-state index in [0.29, 0.717) is 6.04 Å². The van der Waals surface area contributed by atoms with Crippen molar-refractivity contribution in [1.82, 2.24) is 5.32 Å². The van der Waals surface area contributed by atoms with Gasteiger partial charge in [-0.3, -0.25) is 0 Å². The lowest BCUT2D eigenvalue weighted by Crippen LogP contribution is -2.26. The third-order valence-electron chi connectivity index (χ3n) is 4.50. The van der Waals surface area contributed by atoms with Gasteiger partial charge in [-0.15, -0.1) is 11.3 Å². The molecule has 1 fully saturated rings. The third-order valence-corrected chi connectivity index (χ3v) is 5.82. The van der Waals surface area contributed by atoms with Gasteiger partial charge in [0.05, 0.1) is 0 Å². The summed E-state index contributed by atoms with van der Waals surface area (Å²) in [6.07, 6.45) is 11.2. The van der Waals surface area contributed by atoms with E-state index >= 15 is 0 Å². The first-order valence-corrected chi connectivity index (χ1v) is 7.99. The maximum atomic E-state index is 3.59. The van der Waals surface area contributed by atoms with E-state index in [0.717, 1.165) is 5.92 Å². The Bertz CT molecular complexity index is 355. The van der Waals surface area contributed by atoms with Gasteiger partial charge in [-0.05, 0) is 56.7 Å². The SMILES string of the molecule is CNC(c1cc2c(s1)CCC2)C1CCCCC1. The standard InChI is InChI=1S/C15H23NS/c1-16-15(11-6-3-2-4-7-11)14-10-12-8-5-9-13(12)17-14/h10-11,15-16H,2-9H2,1H3. The van der Waals surface area contributed by atoms with Gasteiger partial charge in [-0.2, -0.15) is 0 Å². The van der Waals surface area contributed by atoms with Gasteiger partial charge in [-0.1, -0.05) is 19.3 Å². The van der Waals surface area contributed by atoms with Gasteiger partial charge >= 0.3 is 0 Å². The van der Waals surface area contributed by atoms with E-state index in [1.54, 1.807) is 15.3 Å². The molecule has 1 nitrogen and oxygen atoms in total. The molecule has 1 atom stereocenters. The normalized spacial score (nSPS) is 22.6. The number of aryl methyl sites for hydroxylation is 2. The number of fused-ring (bicyclic) bond motifs is 1. The molecule has 0 amide bonds. The Balaban J connectivity index is 1.78. The van der Waals surface area contributed by atoms with Crippen molar-refractivity contribution in [3.05, 3.63) is 21.4 Å². The van der Waals surface area contributed by atoms with E-state index in [2.05, 4.69) is 29.8 Å². The first-order valence-electron chi connectivity index (χ1n) is 7.17. The van der Waals surface area contributed by atoms with Crippen LogP contribution in [0.1, 0.15) is 59.9 Å².